The Hall–Kier alpha value is -2.04. The van der Waals surface area contributed by atoms with E-state index in [9.17, 15) is 0 Å². The van der Waals surface area contributed by atoms with Crippen molar-refractivity contribution in [3.05, 3.63) is 30.4 Å². The van der Waals surface area contributed by atoms with Gasteiger partial charge >= 0.3 is 0 Å². The van der Waals surface area contributed by atoms with E-state index in [1.165, 1.54) is 0 Å². The van der Waals surface area contributed by atoms with E-state index in [-0.39, 0.29) is 0 Å². The highest BCUT2D eigenvalue weighted by molar-refractivity contribution is 5.50. The van der Waals surface area contributed by atoms with Crippen molar-refractivity contribution >= 4 is 5.69 Å². The molecule has 5 heteroatoms. The lowest BCUT2D eigenvalue weighted by Crippen LogP contribution is -2.05. The average molecular weight is 232 g/mol. The highest BCUT2D eigenvalue weighted by Crippen LogP contribution is 2.21. The van der Waals surface area contributed by atoms with Gasteiger partial charge in [-0.05, 0) is 25.5 Å². The maximum absolute atomic E-state index is 5.81. The minimum atomic E-state index is 0.484. The Bertz CT molecular complexity index is 507. The summed E-state index contributed by atoms with van der Waals surface area (Å²) in [5.41, 5.74) is 6.36. The number of pyridine rings is 1. The van der Waals surface area contributed by atoms with Gasteiger partial charge in [0, 0.05) is 12.4 Å². The van der Waals surface area contributed by atoms with E-state index < -0.39 is 0 Å². The summed E-state index contributed by atoms with van der Waals surface area (Å²) in [6.45, 7) is 4.58. The maximum Gasteiger partial charge on any atom is 0.239 e. The standard InChI is InChI=1S/C12H16N4O/c1-3-8-17-12-10(13)4-5-11(15-12)16-7-6-14-9(16)2/h4-7H,3,8,13H2,1-2H3. The van der Waals surface area contributed by atoms with E-state index in [2.05, 4.69) is 9.97 Å². The zero-order valence-electron chi connectivity index (χ0n) is 10.1. The zero-order chi connectivity index (χ0) is 12.3. The number of anilines is 1. The van der Waals surface area contributed by atoms with Crippen molar-refractivity contribution in [1.82, 2.24) is 14.5 Å². The second-order valence-corrected chi connectivity index (χ2v) is 3.76. The van der Waals surface area contributed by atoms with Gasteiger partial charge in [-0.25, -0.2) is 4.98 Å². The fourth-order valence-electron chi connectivity index (χ4n) is 1.51. The van der Waals surface area contributed by atoms with Gasteiger partial charge in [-0.15, -0.1) is 0 Å². The molecule has 2 aromatic heterocycles. The molecule has 2 rings (SSSR count). The zero-order valence-corrected chi connectivity index (χ0v) is 10.1. The van der Waals surface area contributed by atoms with Crippen molar-refractivity contribution < 1.29 is 4.74 Å². The van der Waals surface area contributed by atoms with Gasteiger partial charge in [0.25, 0.3) is 0 Å². The summed E-state index contributed by atoms with van der Waals surface area (Å²) in [5, 5.41) is 0. The number of aryl methyl sites for hydroxylation is 1. The van der Waals surface area contributed by atoms with Crippen LogP contribution in [0.2, 0.25) is 0 Å². The molecule has 0 aliphatic rings. The predicted octanol–water partition coefficient (Wildman–Crippen LogP) is 1.95. The van der Waals surface area contributed by atoms with E-state index in [0.29, 0.717) is 18.2 Å². The maximum atomic E-state index is 5.81. The lowest BCUT2D eigenvalue weighted by Gasteiger charge is -2.09. The molecule has 0 spiro atoms. The molecule has 0 fully saturated rings. The topological polar surface area (TPSA) is 66.0 Å². The molecule has 90 valence electrons. The van der Waals surface area contributed by atoms with Crippen LogP contribution < -0.4 is 10.5 Å². The molecule has 2 heterocycles. The number of nitrogens with zero attached hydrogens (tertiary/aromatic N) is 3. The number of rotatable bonds is 4. The number of imidazole rings is 1. The Morgan fingerprint density at radius 1 is 1.41 bits per heavy atom. The summed E-state index contributed by atoms with van der Waals surface area (Å²) >= 11 is 0. The second kappa shape index (κ2) is 4.86. The fourth-order valence-corrected chi connectivity index (χ4v) is 1.51. The van der Waals surface area contributed by atoms with Crippen molar-refractivity contribution in [2.75, 3.05) is 12.3 Å². The molecule has 0 atom stereocenters. The van der Waals surface area contributed by atoms with Crippen LogP contribution in [0.4, 0.5) is 5.69 Å². The molecular formula is C12H16N4O. The quantitative estimate of drug-likeness (QED) is 0.874. The Kier molecular flexibility index (Phi) is 3.27. The first-order chi connectivity index (χ1) is 8.22. The molecule has 0 radical (unpaired) electrons. The molecule has 0 bridgehead atoms. The van der Waals surface area contributed by atoms with Crippen molar-refractivity contribution in [3.8, 4) is 11.7 Å². The van der Waals surface area contributed by atoms with Gasteiger partial charge in [-0.1, -0.05) is 6.92 Å². The summed E-state index contributed by atoms with van der Waals surface area (Å²) in [6, 6.07) is 3.65. The minimum Gasteiger partial charge on any atom is -0.476 e. The van der Waals surface area contributed by atoms with E-state index in [1.807, 2.05) is 30.7 Å². The van der Waals surface area contributed by atoms with Crippen molar-refractivity contribution in [2.24, 2.45) is 0 Å². The number of ether oxygens (including phenoxy) is 1. The van der Waals surface area contributed by atoms with Gasteiger partial charge in [0.1, 0.15) is 11.6 Å². The van der Waals surface area contributed by atoms with Crippen LogP contribution in [-0.2, 0) is 0 Å². The van der Waals surface area contributed by atoms with Crippen LogP contribution in [0.5, 0.6) is 5.88 Å². The Morgan fingerprint density at radius 2 is 2.24 bits per heavy atom. The van der Waals surface area contributed by atoms with Crippen LogP contribution in [0.15, 0.2) is 24.5 Å². The van der Waals surface area contributed by atoms with Gasteiger partial charge in [-0.2, -0.15) is 4.98 Å². The van der Waals surface area contributed by atoms with Crippen LogP contribution in [0, 0.1) is 6.92 Å². The summed E-state index contributed by atoms with van der Waals surface area (Å²) in [4.78, 5) is 8.55. The van der Waals surface area contributed by atoms with Gasteiger partial charge < -0.3 is 10.5 Å². The first-order valence-electron chi connectivity index (χ1n) is 5.62. The Morgan fingerprint density at radius 3 is 2.88 bits per heavy atom. The largest absolute Gasteiger partial charge is 0.476 e. The SMILES string of the molecule is CCCOc1nc(-n2ccnc2C)ccc1N. The molecule has 0 aromatic carbocycles. The minimum absolute atomic E-state index is 0.484. The van der Waals surface area contributed by atoms with Crippen LogP contribution in [0.1, 0.15) is 19.2 Å². The first kappa shape index (κ1) is 11.4. The molecule has 0 amide bonds. The predicted molar refractivity (Wildman–Crippen MR) is 66.3 cm³/mol. The van der Waals surface area contributed by atoms with Crippen LogP contribution in [0.25, 0.3) is 5.82 Å². The lowest BCUT2D eigenvalue weighted by molar-refractivity contribution is 0.307. The molecule has 2 N–H and O–H groups in total. The number of aromatic nitrogens is 3. The van der Waals surface area contributed by atoms with Gasteiger partial charge in [0.2, 0.25) is 5.88 Å². The normalized spacial score (nSPS) is 10.5. The van der Waals surface area contributed by atoms with Gasteiger partial charge in [-0.3, -0.25) is 4.57 Å². The van der Waals surface area contributed by atoms with E-state index in [0.717, 1.165) is 18.1 Å². The van der Waals surface area contributed by atoms with Crippen molar-refractivity contribution in [3.63, 3.8) is 0 Å². The molecule has 17 heavy (non-hydrogen) atoms. The third-order valence-corrected chi connectivity index (χ3v) is 2.39. The van der Waals surface area contributed by atoms with Crippen LogP contribution in [0.3, 0.4) is 0 Å². The van der Waals surface area contributed by atoms with E-state index in [4.69, 9.17) is 10.5 Å². The number of hydrogen-bond acceptors (Lipinski definition) is 4. The van der Waals surface area contributed by atoms with E-state index >= 15 is 0 Å². The average Bonchev–Trinajstić information content (AvgIpc) is 2.75. The highest BCUT2D eigenvalue weighted by Gasteiger charge is 2.07. The third-order valence-electron chi connectivity index (χ3n) is 2.39. The number of hydrogen-bond donors (Lipinski definition) is 1. The van der Waals surface area contributed by atoms with Crippen LogP contribution in [-0.4, -0.2) is 21.1 Å². The summed E-state index contributed by atoms with van der Waals surface area (Å²) in [5.74, 6) is 2.13. The molecule has 0 aliphatic carbocycles. The summed E-state index contributed by atoms with van der Waals surface area (Å²) in [7, 11) is 0. The van der Waals surface area contributed by atoms with E-state index in [1.54, 1.807) is 12.3 Å². The first-order valence-corrected chi connectivity index (χ1v) is 5.62. The molecule has 0 saturated carbocycles. The lowest BCUT2D eigenvalue weighted by atomic mass is 10.4. The van der Waals surface area contributed by atoms with Crippen molar-refractivity contribution in [1.29, 1.82) is 0 Å². The molecule has 0 saturated heterocycles. The molecule has 0 aliphatic heterocycles. The molecule has 5 nitrogen and oxygen atoms in total. The van der Waals surface area contributed by atoms with Crippen LogP contribution >= 0.6 is 0 Å². The Balaban J connectivity index is 2.34. The van der Waals surface area contributed by atoms with Crippen molar-refractivity contribution in [2.45, 2.75) is 20.3 Å². The fraction of sp³-hybridized carbons (Fsp3) is 0.333. The summed E-state index contributed by atoms with van der Waals surface area (Å²) in [6.07, 6.45) is 4.52. The third kappa shape index (κ3) is 2.38. The Labute approximate surface area is 100 Å². The molecule has 0 unspecified atom stereocenters. The number of nitrogens with two attached hydrogens (primary N) is 1. The number of nitrogen functional groups attached to an aromatic ring is 1. The highest BCUT2D eigenvalue weighted by atomic mass is 16.5. The van der Waals surface area contributed by atoms with Gasteiger partial charge in [0.05, 0.1) is 12.3 Å². The monoisotopic (exact) mass is 232 g/mol. The molecule has 2 aromatic rings. The second-order valence-electron chi connectivity index (χ2n) is 3.76. The summed E-state index contributed by atoms with van der Waals surface area (Å²) < 4.78 is 7.38. The van der Waals surface area contributed by atoms with Gasteiger partial charge in [0.15, 0.2) is 0 Å². The smallest absolute Gasteiger partial charge is 0.239 e. The molecular weight excluding hydrogens is 216 g/mol.